The first kappa shape index (κ1) is 13.1. The summed E-state index contributed by atoms with van der Waals surface area (Å²) < 4.78 is 25.9. The molecule has 0 fully saturated rings. The van der Waals surface area contributed by atoms with Gasteiger partial charge in [-0.05, 0) is 38.6 Å². The Kier molecular flexibility index (Phi) is 3.99. The van der Waals surface area contributed by atoms with Crippen molar-refractivity contribution < 1.29 is 8.78 Å². The Labute approximate surface area is 95.1 Å². The van der Waals surface area contributed by atoms with Gasteiger partial charge < -0.3 is 5.73 Å². The molecule has 0 spiro atoms. The summed E-state index contributed by atoms with van der Waals surface area (Å²) in [4.78, 5) is 1.97. The van der Waals surface area contributed by atoms with Gasteiger partial charge in [0, 0.05) is 24.7 Å². The van der Waals surface area contributed by atoms with E-state index in [2.05, 4.69) is 0 Å². The quantitative estimate of drug-likeness (QED) is 0.855. The molecule has 0 radical (unpaired) electrons. The molecule has 0 saturated carbocycles. The fourth-order valence-corrected chi connectivity index (χ4v) is 1.35. The molecule has 0 amide bonds. The van der Waals surface area contributed by atoms with Crippen LogP contribution in [0.5, 0.6) is 0 Å². The third-order valence-electron chi connectivity index (χ3n) is 2.87. The molecule has 0 bridgehead atoms. The molecular formula is C12H18F2N2. The van der Waals surface area contributed by atoms with Gasteiger partial charge in [-0.25, -0.2) is 8.78 Å². The van der Waals surface area contributed by atoms with Crippen molar-refractivity contribution in [2.75, 3.05) is 13.6 Å². The molecule has 2 N–H and O–H groups in total. The van der Waals surface area contributed by atoms with Gasteiger partial charge in [-0.15, -0.1) is 0 Å². The van der Waals surface area contributed by atoms with E-state index in [-0.39, 0.29) is 5.54 Å². The predicted molar refractivity (Wildman–Crippen MR) is 61.0 cm³/mol. The maximum absolute atomic E-state index is 13.0. The Balaban J connectivity index is 2.80. The highest BCUT2D eigenvalue weighted by Crippen LogP contribution is 2.16. The molecule has 90 valence electrons. The minimum absolute atomic E-state index is 0.192. The molecule has 0 atom stereocenters. The van der Waals surface area contributed by atoms with E-state index in [1.807, 2.05) is 25.8 Å². The molecule has 0 aliphatic carbocycles. The number of benzene rings is 1. The van der Waals surface area contributed by atoms with Crippen LogP contribution in [-0.4, -0.2) is 24.0 Å². The van der Waals surface area contributed by atoms with Gasteiger partial charge in [-0.1, -0.05) is 0 Å². The van der Waals surface area contributed by atoms with Crippen molar-refractivity contribution in [3.8, 4) is 0 Å². The first-order valence-corrected chi connectivity index (χ1v) is 5.21. The molecule has 0 unspecified atom stereocenters. The van der Waals surface area contributed by atoms with Crippen LogP contribution in [0.15, 0.2) is 18.2 Å². The fraction of sp³-hybridized carbons (Fsp3) is 0.500. The fourth-order valence-electron chi connectivity index (χ4n) is 1.35. The largest absolute Gasteiger partial charge is 0.329 e. The first-order valence-electron chi connectivity index (χ1n) is 5.21. The highest BCUT2D eigenvalue weighted by atomic mass is 19.1. The Morgan fingerprint density at radius 3 is 2.12 bits per heavy atom. The lowest BCUT2D eigenvalue weighted by molar-refractivity contribution is 0.155. The number of nitrogens with two attached hydrogens (primary N) is 1. The van der Waals surface area contributed by atoms with Crippen molar-refractivity contribution in [1.29, 1.82) is 0 Å². The summed E-state index contributed by atoms with van der Waals surface area (Å²) in [6.45, 7) is 4.94. The van der Waals surface area contributed by atoms with E-state index < -0.39 is 11.6 Å². The lowest BCUT2D eigenvalue weighted by atomic mass is 10.0. The number of nitrogens with zero attached hydrogens (tertiary/aromatic N) is 1. The molecule has 0 aliphatic rings. The molecule has 1 rings (SSSR count). The summed E-state index contributed by atoms with van der Waals surface area (Å²) in [5.74, 6) is -1.09. The van der Waals surface area contributed by atoms with Gasteiger partial charge in [0.05, 0.1) is 0 Å². The molecule has 0 saturated heterocycles. The predicted octanol–water partition coefficient (Wildman–Crippen LogP) is 2.13. The Morgan fingerprint density at radius 2 is 1.69 bits per heavy atom. The number of hydrogen-bond acceptors (Lipinski definition) is 2. The average Bonchev–Trinajstić information content (AvgIpc) is 2.15. The van der Waals surface area contributed by atoms with Gasteiger partial charge in [-0.2, -0.15) is 0 Å². The molecular weight excluding hydrogens is 210 g/mol. The molecule has 0 aromatic heterocycles. The number of likely N-dealkylation sites (N-methyl/N-ethyl adjacent to an activating group) is 1. The third kappa shape index (κ3) is 3.25. The van der Waals surface area contributed by atoms with Gasteiger partial charge in [0.25, 0.3) is 0 Å². The van der Waals surface area contributed by atoms with E-state index >= 15 is 0 Å². The molecule has 2 nitrogen and oxygen atoms in total. The molecule has 1 aromatic carbocycles. The summed E-state index contributed by atoms with van der Waals surface area (Å²) >= 11 is 0. The maximum Gasteiger partial charge on any atom is 0.126 e. The monoisotopic (exact) mass is 228 g/mol. The molecule has 4 heteroatoms. The molecule has 0 heterocycles. The third-order valence-corrected chi connectivity index (χ3v) is 2.87. The standard InChI is InChI=1S/C12H18F2N2/c1-12(2,8-15)16(3)7-9-4-10(13)6-11(14)5-9/h4-6H,7-8,15H2,1-3H3. The lowest BCUT2D eigenvalue weighted by Crippen LogP contribution is -2.46. The van der Waals surface area contributed by atoms with Crippen LogP contribution in [0.25, 0.3) is 0 Å². The Bertz CT molecular complexity index is 344. The summed E-state index contributed by atoms with van der Waals surface area (Å²) in [6, 6.07) is 3.55. The zero-order chi connectivity index (χ0) is 12.3. The summed E-state index contributed by atoms with van der Waals surface area (Å²) in [5, 5.41) is 0. The number of hydrogen-bond donors (Lipinski definition) is 1. The van der Waals surface area contributed by atoms with Crippen LogP contribution in [0.1, 0.15) is 19.4 Å². The SMILES string of the molecule is CN(Cc1cc(F)cc(F)c1)C(C)(C)CN. The van der Waals surface area contributed by atoms with E-state index in [9.17, 15) is 8.78 Å². The van der Waals surface area contributed by atoms with E-state index in [1.165, 1.54) is 12.1 Å². The van der Waals surface area contributed by atoms with Crippen molar-refractivity contribution >= 4 is 0 Å². The minimum atomic E-state index is -0.547. The number of rotatable bonds is 4. The zero-order valence-corrected chi connectivity index (χ0v) is 9.93. The highest BCUT2D eigenvalue weighted by molar-refractivity contribution is 5.18. The van der Waals surface area contributed by atoms with Gasteiger partial charge in [0.1, 0.15) is 11.6 Å². The summed E-state index contributed by atoms with van der Waals surface area (Å²) in [7, 11) is 1.88. The van der Waals surface area contributed by atoms with Crippen molar-refractivity contribution in [2.24, 2.45) is 5.73 Å². The Morgan fingerprint density at radius 1 is 1.19 bits per heavy atom. The average molecular weight is 228 g/mol. The van der Waals surface area contributed by atoms with Crippen LogP contribution in [0.3, 0.4) is 0 Å². The van der Waals surface area contributed by atoms with Gasteiger partial charge in [0.2, 0.25) is 0 Å². The summed E-state index contributed by atoms with van der Waals surface area (Å²) in [6.07, 6.45) is 0. The van der Waals surface area contributed by atoms with Crippen LogP contribution in [0.4, 0.5) is 8.78 Å². The maximum atomic E-state index is 13.0. The van der Waals surface area contributed by atoms with Crippen LogP contribution < -0.4 is 5.73 Å². The normalized spacial score (nSPS) is 12.2. The van der Waals surface area contributed by atoms with Crippen LogP contribution in [0.2, 0.25) is 0 Å². The van der Waals surface area contributed by atoms with E-state index in [1.54, 1.807) is 0 Å². The van der Waals surface area contributed by atoms with Crippen molar-refractivity contribution in [1.82, 2.24) is 4.90 Å². The topological polar surface area (TPSA) is 29.3 Å². The van der Waals surface area contributed by atoms with E-state index in [0.717, 1.165) is 6.07 Å². The zero-order valence-electron chi connectivity index (χ0n) is 9.93. The van der Waals surface area contributed by atoms with E-state index in [0.29, 0.717) is 18.7 Å². The smallest absolute Gasteiger partial charge is 0.126 e. The molecule has 1 aromatic rings. The molecule has 0 aliphatic heterocycles. The van der Waals surface area contributed by atoms with Gasteiger partial charge in [0.15, 0.2) is 0 Å². The van der Waals surface area contributed by atoms with Gasteiger partial charge in [-0.3, -0.25) is 4.90 Å². The van der Waals surface area contributed by atoms with Crippen molar-refractivity contribution in [3.63, 3.8) is 0 Å². The second-order valence-corrected chi connectivity index (χ2v) is 4.65. The minimum Gasteiger partial charge on any atom is -0.329 e. The van der Waals surface area contributed by atoms with Gasteiger partial charge >= 0.3 is 0 Å². The van der Waals surface area contributed by atoms with E-state index in [4.69, 9.17) is 5.73 Å². The second kappa shape index (κ2) is 4.89. The van der Waals surface area contributed by atoms with Crippen LogP contribution in [-0.2, 0) is 6.54 Å². The van der Waals surface area contributed by atoms with Crippen molar-refractivity contribution in [2.45, 2.75) is 25.9 Å². The Hall–Kier alpha value is -1.00. The second-order valence-electron chi connectivity index (χ2n) is 4.65. The van der Waals surface area contributed by atoms with Crippen molar-refractivity contribution in [3.05, 3.63) is 35.4 Å². The van der Waals surface area contributed by atoms with Crippen LogP contribution >= 0.6 is 0 Å². The molecule has 16 heavy (non-hydrogen) atoms. The lowest BCUT2D eigenvalue weighted by Gasteiger charge is -2.34. The first-order chi connectivity index (χ1) is 7.35. The number of halogens is 2. The summed E-state index contributed by atoms with van der Waals surface area (Å²) in [5.41, 5.74) is 6.05. The highest BCUT2D eigenvalue weighted by Gasteiger charge is 2.21. The van der Waals surface area contributed by atoms with Crippen LogP contribution in [0, 0.1) is 11.6 Å².